The van der Waals surface area contributed by atoms with E-state index in [1.807, 2.05) is 20.8 Å². The Hall–Kier alpha value is -2.37. The van der Waals surface area contributed by atoms with Gasteiger partial charge in [-0.05, 0) is 29.7 Å². The van der Waals surface area contributed by atoms with Crippen molar-refractivity contribution in [3.05, 3.63) is 29.8 Å². The average Bonchev–Trinajstić information content (AvgIpc) is 2.43. The molecule has 1 aromatic rings. The zero-order valence-corrected chi connectivity index (χ0v) is 13.4. The van der Waals surface area contributed by atoms with Crippen molar-refractivity contribution in [2.24, 2.45) is 5.41 Å². The monoisotopic (exact) mass is 306 g/mol. The first-order chi connectivity index (χ1) is 10.2. The van der Waals surface area contributed by atoms with E-state index in [1.54, 1.807) is 24.3 Å². The molecule has 2 amide bonds. The second-order valence-corrected chi connectivity index (χ2v) is 6.12. The van der Waals surface area contributed by atoms with Crippen molar-refractivity contribution in [2.45, 2.75) is 27.2 Å². The molecule has 0 bridgehead atoms. The van der Waals surface area contributed by atoms with Gasteiger partial charge in [-0.1, -0.05) is 20.8 Å². The maximum absolute atomic E-state index is 11.8. The number of carbonyl (C=O) groups is 3. The summed E-state index contributed by atoms with van der Waals surface area (Å²) in [6.45, 7) is 5.78. The fourth-order valence-corrected chi connectivity index (χ4v) is 1.72. The van der Waals surface area contributed by atoms with E-state index in [0.29, 0.717) is 17.7 Å². The number of hydrogen-bond donors (Lipinski definition) is 2. The number of rotatable bonds is 5. The lowest BCUT2D eigenvalue weighted by atomic mass is 9.92. The molecule has 0 aliphatic carbocycles. The molecule has 0 saturated carbocycles. The van der Waals surface area contributed by atoms with Crippen LogP contribution in [0, 0.1) is 5.41 Å². The summed E-state index contributed by atoms with van der Waals surface area (Å²) < 4.78 is 4.44. The van der Waals surface area contributed by atoms with Gasteiger partial charge in [0.25, 0.3) is 5.91 Å². The van der Waals surface area contributed by atoms with Gasteiger partial charge in [0.05, 0.1) is 7.11 Å². The summed E-state index contributed by atoms with van der Waals surface area (Å²) in [4.78, 5) is 34.5. The normalized spacial score (nSPS) is 10.7. The first-order valence-corrected chi connectivity index (χ1v) is 6.96. The minimum Gasteiger partial charge on any atom is -0.468 e. The lowest BCUT2D eigenvalue weighted by Gasteiger charge is -2.17. The summed E-state index contributed by atoms with van der Waals surface area (Å²) >= 11 is 0. The smallest absolute Gasteiger partial charge is 0.325 e. The molecule has 0 atom stereocenters. The van der Waals surface area contributed by atoms with Crippen LogP contribution in [-0.4, -0.2) is 31.4 Å². The second kappa shape index (κ2) is 7.59. The molecule has 0 saturated heterocycles. The van der Waals surface area contributed by atoms with E-state index in [1.165, 1.54) is 7.11 Å². The molecule has 2 N–H and O–H groups in total. The highest BCUT2D eigenvalue weighted by molar-refractivity contribution is 5.97. The fourth-order valence-electron chi connectivity index (χ4n) is 1.72. The average molecular weight is 306 g/mol. The molecule has 0 aromatic heterocycles. The highest BCUT2D eigenvalue weighted by Gasteiger charge is 2.16. The number of benzene rings is 1. The third kappa shape index (κ3) is 6.39. The number of esters is 1. The zero-order chi connectivity index (χ0) is 16.8. The van der Waals surface area contributed by atoms with E-state index in [9.17, 15) is 14.4 Å². The second-order valence-electron chi connectivity index (χ2n) is 6.12. The van der Waals surface area contributed by atoms with E-state index in [2.05, 4.69) is 15.4 Å². The van der Waals surface area contributed by atoms with Crippen molar-refractivity contribution in [2.75, 3.05) is 19.0 Å². The van der Waals surface area contributed by atoms with Crippen molar-refractivity contribution < 1.29 is 19.1 Å². The lowest BCUT2D eigenvalue weighted by Crippen LogP contribution is -2.30. The van der Waals surface area contributed by atoms with Gasteiger partial charge in [0.15, 0.2) is 0 Å². The Balaban J connectivity index is 2.57. The number of nitrogens with one attached hydrogen (secondary N) is 2. The maximum atomic E-state index is 11.8. The predicted octanol–water partition coefficient (Wildman–Crippen LogP) is 1.96. The standard InChI is InChI=1S/C16H22N2O4/c1-16(2,3)9-13(19)18-12-7-5-11(6-8-12)15(21)17-10-14(20)22-4/h5-8H,9-10H2,1-4H3,(H,17,21)(H,18,19). The van der Waals surface area contributed by atoms with Crippen LogP contribution in [0.15, 0.2) is 24.3 Å². The van der Waals surface area contributed by atoms with Gasteiger partial charge in [-0.25, -0.2) is 0 Å². The Kier molecular flexibility index (Phi) is 6.10. The highest BCUT2D eigenvalue weighted by atomic mass is 16.5. The van der Waals surface area contributed by atoms with Gasteiger partial charge >= 0.3 is 5.97 Å². The quantitative estimate of drug-likeness (QED) is 0.815. The van der Waals surface area contributed by atoms with Crippen molar-refractivity contribution in [3.63, 3.8) is 0 Å². The van der Waals surface area contributed by atoms with Crippen LogP contribution in [0.4, 0.5) is 5.69 Å². The van der Waals surface area contributed by atoms with E-state index in [4.69, 9.17) is 0 Å². The summed E-state index contributed by atoms with van der Waals surface area (Å²) in [5.74, 6) is -0.965. The minimum absolute atomic E-state index is 0.0737. The molecule has 0 radical (unpaired) electrons. The van der Waals surface area contributed by atoms with Gasteiger partial charge in [-0.15, -0.1) is 0 Å². The number of anilines is 1. The van der Waals surface area contributed by atoms with Crippen LogP contribution >= 0.6 is 0 Å². The number of methoxy groups -OCH3 is 1. The third-order valence-corrected chi connectivity index (χ3v) is 2.74. The number of amides is 2. The van der Waals surface area contributed by atoms with E-state index < -0.39 is 5.97 Å². The molecular weight excluding hydrogens is 284 g/mol. The van der Waals surface area contributed by atoms with Gasteiger partial charge in [0.2, 0.25) is 5.91 Å². The Morgan fingerprint density at radius 3 is 2.18 bits per heavy atom. The Morgan fingerprint density at radius 1 is 1.09 bits per heavy atom. The van der Waals surface area contributed by atoms with Crippen molar-refractivity contribution in [1.29, 1.82) is 0 Å². The van der Waals surface area contributed by atoms with Gasteiger partial charge in [0.1, 0.15) is 6.54 Å². The molecular formula is C16H22N2O4. The van der Waals surface area contributed by atoms with E-state index in [-0.39, 0.29) is 23.8 Å². The third-order valence-electron chi connectivity index (χ3n) is 2.74. The molecule has 6 nitrogen and oxygen atoms in total. The van der Waals surface area contributed by atoms with Gasteiger partial charge in [0, 0.05) is 17.7 Å². The Morgan fingerprint density at radius 2 is 1.68 bits per heavy atom. The highest BCUT2D eigenvalue weighted by Crippen LogP contribution is 2.19. The Bertz CT molecular complexity index is 544. The summed E-state index contributed by atoms with van der Waals surface area (Å²) in [7, 11) is 1.25. The van der Waals surface area contributed by atoms with Crippen molar-refractivity contribution >= 4 is 23.5 Å². The van der Waals surface area contributed by atoms with Crippen LogP contribution < -0.4 is 10.6 Å². The number of ether oxygens (including phenoxy) is 1. The van der Waals surface area contributed by atoms with Crippen molar-refractivity contribution in [3.8, 4) is 0 Å². The summed E-state index contributed by atoms with van der Waals surface area (Å²) in [6, 6.07) is 6.46. The molecule has 22 heavy (non-hydrogen) atoms. The summed E-state index contributed by atoms with van der Waals surface area (Å²) in [6.07, 6.45) is 0.411. The van der Waals surface area contributed by atoms with E-state index >= 15 is 0 Å². The SMILES string of the molecule is COC(=O)CNC(=O)c1ccc(NC(=O)CC(C)(C)C)cc1. The summed E-state index contributed by atoms with van der Waals surface area (Å²) in [5.41, 5.74) is 0.939. The van der Waals surface area contributed by atoms with E-state index in [0.717, 1.165) is 0 Å². The fraction of sp³-hybridized carbons (Fsp3) is 0.438. The Labute approximate surface area is 130 Å². The topological polar surface area (TPSA) is 84.5 Å². The van der Waals surface area contributed by atoms with Gasteiger partial charge in [-0.2, -0.15) is 0 Å². The molecule has 0 fully saturated rings. The number of carbonyl (C=O) groups excluding carboxylic acids is 3. The van der Waals surface area contributed by atoms with Crippen molar-refractivity contribution in [1.82, 2.24) is 5.32 Å². The maximum Gasteiger partial charge on any atom is 0.325 e. The molecule has 1 aromatic carbocycles. The molecule has 0 unspecified atom stereocenters. The van der Waals surface area contributed by atoms with Crippen LogP contribution in [0.25, 0.3) is 0 Å². The molecule has 0 heterocycles. The first kappa shape index (κ1) is 17.7. The zero-order valence-electron chi connectivity index (χ0n) is 13.4. The van der Waals surface area contributed by atoms with Gasteiger partial charge in [-0.3, -0.25) is 14.4 Å². The van der Waals surface area contributed by atoms with Crippen LogP contribution in [0.1, 0.15) is 37.6 Å². The minimum atomic E-state index is -0.514. The first-order valence-electron chi connectivity index (χ1n) is 6.96. The van der Waals surface area contributed by atoms with Crippen LogP contribution in [0.5, 0.6) is 0 Å². The molecule has 0 aliphatic rings. The lowest BCUT2D eigenvalue weighted by molar-refractivity contribution is -0.139. The van der Waals surface area contributed by atoms with Crippen LogP contribution in [0.2, 0.25) is 0 Å². The largest absolute Gasteiger partial charge is 0.468 e. The molecule has 120 valence electrons. The van der Waals surface area contributed by atoms with Crippen LogP contribution in [0.3, 0.4) is 0 Å². The van der Waals surface area contributed by atoms with Crippen LogP contribution in [-0.2, 0) is 14.3 Å². The number of hydrogen-bond acceptors (Lipinski definition) is 4. The predicted molar refractivity (Wildman–Crippen MR) is 83.5 cm³/mol. The molecule has 0 spiro atoms. The molecule has 6 heteroatoms. The van der Waals surface area contributed by atoms with Gasteiger partial charge < -0.3 is 15.4 Å². The molecule has 1 rings (SSSR count). The summed E-state index contributed by atoms with van der Waals surface area (Å²) in [5, 5.41) is 5.22. The molecule has 0 aliphatic heterocycles.